The fourth-order valence-electron chi connectivity index (χ4n) is 3.86. The lowest BCUT2D eigenvalue weighted by Crippen LogP contribution is -2.54. The van der Waals surface area contributed by atoms with Gasteiger partial charge in [0.2, 0.25) is 10.0 Å². The van der Waals surface area contributed by atoms with Gasteiger partial charge in [-0.05, 0) is 87.1 Å². The summed E-state index contributed by atoms with van der Waals surface area (Å²) >= 11 is 5.25. The summed E-state index contributed by atoms with van der Waals surface area (Å²) in [6, 6.07) is 15.3. The van der Waals surface area contributed by atoms with Crippen LogP contribution in [0.3, 0.4) is 0 Å². The van der Waals surface area contributed by atoms with Crippen LogP contribution in [0.15, 0.2) is 65.1 Å². The maximum atomic E-state index is 13.3. The first-order valence-electron chi connectivity index (χ1n) is 10.3. The van der Waals surface area contributed by atoms with Crippen LogP contribution in [0.4, 0.5) is 5.69 Å². The minimum Gasteiger partial charge on any atom is -0.318 e. The molecule has 0 unspecified atom stereocenters. The van der Waals surface area contributed by atoms with Gasteiger partial charge >= 0.3 is 0 Å². The van der Waals surface area contributed by atoms with Gasteiger partial charge in [0, 0.05) is 17.1 Å². The summed E-state index contributed by atoms with van der Waals surface area (Å²) in [5.41, 5.74) is 4.54. The largest absolute Gasteiger partial charge is 0.318 e. The Morgan fingerprint density at radius 2 is 1.53 bits per heavy atom. The molecule has 0 bridgehead atoms. The van der Waals surface area contributed by atoms with Crippen LogP contribution in [0.2, 0.25) is 0 Å². The van der Waals surface area contributed by atoms with Gasteiger partial charge < -0.3 is 4.57 Å². The number of carbonyl (C=O) groups is 2. The minimum atomic E-state index is -3.80. The van der Waals surface area contributed by atoms with Gasteiger partial charge in [0.25, 0.3) is 11.8 Å². The number of amides is 2. The Kier molecular flexibility index (Phi) is 5.98. The number of aryl methyl sites for hydroxylation is 2. The smallest absolute Gasteiger partial charge is 0.270 e. The van der Waals surface area contributed by atoms with Gasteiger partial charge in [-0.1, -0.05) is 17.7 Å². The maximum absolute atomic E-state index is 13.3. The molecule has 4 rings (SSSR count). The van der Waals surface area contributed by atoms with Crippen LogP contribution in [-0.2, 0) is 19.6 Å². The van der Waals surface area contributed by atoms with Crippen molar-refractivity contribution in [3.8, 4) is 5.69 Å². The van der Waals surface area contributed by atoms with Gasteiger partial charge in [0.1, 0.15) is 5.57 Å². The van der Waals surface area contributed by atoms with E-state index in [9.17, 15) is 18.0 Å². The van der Waals surface area contributed by atoms with Crippen LogP contribution in [0.25, 0.3) is 11.8 Å². The average molecular weight is 495 g/mol. The second-order valence-corrected chi connectivity index (χ2v) is 9.94. The third-order valence-corrected chi connectivity index (χ3v) is 6.80. The highest BCUT2D eigenvalue weighted by molar-refractivity contribution is 7.89. The van der Waals surface area contributed by atoms with Crippen LogP contribution in [-0.4, -0.2) is 29.9 Å². The van der Waals surface area contributed by atoms with E-state index in [1.54, 1.807) is 24.3 Å². The van der Waals surface area contributed by atoms with Crippen molar-refractivity contribution < 1.29 is 18.0 Å². The van der Waals surface area contributed by atoms with E-state index >= 15 is 0 Å². The summed E-state index contributed by atoms with van der Waals surface area (Å²) < 4.78 is 25.0. The fourth-order valence-corrected chi connectivity index (χ4v) is 4.65. The Morgan fingerprint density at radius 1 is 0.941 bits per heavy atom. The number of aromatic nitrogens is 1. The zero-order chi connectivity index (χ0) is 24.8. The summed E-state index contributed by atoms with van der Waals surface area (Å²) in [4.78, 5) is 27.2. The number of nitrogens with zero attached hydrogens (tertiary/aromatic N) is 2. The number of nitrogens with one attached hydrogen (secondary N) is 1. The van der Waals surface area contributed by atoms with Crippen molar-refractivity contribution in [2.45, 2.75) is 25.7 Å². The molecule has 1 fully saturated rings. The van der Waals surface area contributed by atoms with Gasteiger partial charge in [-0.15, -0.1) is 0 Å². The highest BCUT2D eigenvalue weighted by Gasteiger charge is 2.34. The molecular formula is C24H22N4O4S2. The molecule has 3 aromatic rings. The number of nitrogens with two attached hydrogens (primary N) is 1. The molecule has 8 nitrogen and oxygen atoms in total. The van der Waals surface area contributed by atoms with E-state index in [4.69, 9.17) is 17.4 Å². The molecule has 0 atom stereocenters. The number of thiocarbonyl (C=S) groups is 1. The Morgan fingerprint density at radius 3 is 2.12 bits per heavy atom. The van der Waals surface area contributed by atoms with E-state index in [2.05, 4.69) is 5.32 Å². The SMILES string of the molecule is Cc1ccc(N2C(=O)/C(=C/c3cc(C)n(-c4ccc(S(N)(=O)=O)cc4)c3C)C(=O)NC2=S)cc1. The number of primary sulfonamides is 1. The zero-order valence-corrected chi connectivity index (χ0v) is 20.3. The molecule has 1 aromatic heterocycles. The normalized spacial score (nSPS) is 15.7. The van der Waals surface area contributed by atoms with Crippen LogP contribution >= 0.6 is 12.2 Å². The molecule has 0 aliphatic carbocycles. The summed E-state index contributed by atoms with van der Waals surface area (Å²) in [5.74, 6) is -1.08. The molecule has 2 heterocycles. The molecule has 0 radical (unpaired) electrons. The monoisotopic (exact) mass is 494 g/mol. The average Bonchev–Trinajstić information content (AvgIpc) is 3.04. The van der Waals surface area contributed by atoms with Crippen LogP contribution < -0.4 is 15.4 Å². The Balaban J connectivity index is 1.73. The van der Waals surface area contributed by atoms with Crippen LogP contribution in [0.5, 0.6) is 0 Å². The van der Waals surface area contributed by atoms with E-state index in [1.807, 2.05) is 43.5 Å². The second-order valence-electron chi connectivity index (χ2n) is 7.99. The Labute approximate surface area is 202 Å². The lowest BCUT2D eigenvalue weighted by molar-refractivity contribution is -0.122. The predicted octanol–water partition coefficient (Wildman–Crippen LogP) is 2.88. The van der Waals surface area contributed by atoms with Crippen molar-refractivity contribution in [1.29, 1.82) is 0 Å². The van der Waals surface area contributed by atoms with Crippen molar-refractivity contribution in [3.05, 3.63) is 82.7 Å². The highest BCUT2D eigenvalue weighted by atomic mass is 32.2. The van der Waals surface area contributed by atoms with E-state index in [1.165, 1.54) is 23.1 Å². The Hall–Kier alpha value is -3.60. The Bertz CT molecular complexity index is 1470. The van der Waals surface area contributed by atoms with Gasteiger partial charge in [-0.25, -0.2) is 13.6 Å². The molecule has 3 N–H and O–H groups in total. The van der Waals surface area contributed by atoms with Crippen molar-refractivity contribution in [1.82, 2.24) is 9.88 Å². The predicted molar refractivity (Wildman–Crippen MR) is 134 cm³/mol. The van der Waals surface area contributed by atoms with Gasteiger partial charge in [0.15, 0.2) is 5.11 Å². The van der Waals surface area contributed by atoms with Gasteiger partial charge in [-0.2, -0.15) is 0 Å². The van der Waals surface area contributed by atoms with E-state index in [0.717, 1.165) is 17.0 Å². The maximum Gasteiger partial charge on any atom is 0.270 e. The second kappa shape index (κ2) is 8.64. The van der Waals surface area contributed by atoms with Crippen LogP contribution in [0, 0.1) is 20.8 Å². The van der Waals surface area contributed by atoms with Gasteiger partial charge in [-0.3, -0.25) is 19.8 Å². The molecule has 2 aromatic carbocycles. The quantitative estimate of drug-likeness (QED) is 0.329. The molecule has 10 heteroatoms. The molecule has 34 heavy (non-hydrogen) atoms. The van der Waals surface area contributed by atoms with Crippen molar-refractivity contribution in [2.75, 3.05) is 4.90 Å². The molecule has 174 valence electrons. The lowest BCUT2D eigenvalue weighted by Gasteiger charge is -2.29. The van der Waals surface area contributed by atoms with E-state index in [0.29, 0.717) is 16.9 Å². The number of anilines is 1. The molecule has 1 aliphatic rings. The third kappa shape index (κ3) is 4.30. The number of benzene rings is 2. The summed E-state index contributed by atoms with van der Waals surface area (Å²) in [7, 11) is -3.80. The first-order chi connectivity index (χ1) is 16.0. The van der Waals surface area contributed by atoms with Crippen LogP contribution in [0.1, 0.15) is 22.5 Å². The number of hydrogen-bond donors (Lipinski definition) is 2. The number of rotatable bonds is 4. The zero-order valence-electron chi connectivity index (χ0n) is 18.7. The molecule has 0 saturated carbocycles. The summed E-state index contributed by atoms with van der Waals surface area (Å²) in [6.07, 6.45) is 1.54. The first kappa shape index (κ1) is 23.6. The molecule has 2 amide bonds. The topological polar surface area (TPSA) is 114 Å². The summed E-state index contributed by atoms with van der Waals surface area (Å²) in [6.45, 7) is 5.66. The van der Waals surface area contributed by atoms with Crippen molar-refractivity contribution in [2.24, 2.45) is 5.14 Å². The van der Waals surface area contributed by atoms with E-state index in [-0.39, 0.29) is 15.6 Å². The van der Waals surface area contributed by atoms with Crippen molar-refractivity contribution >= 4 is 50.9 Å². The lowest BCUT2D eigenvalue weighted by atomic mass is 10.1. The van der Waals surface area contributed by atoms with E-state index < -0.39 is 21.8 Å². The van der Waals surface area contributed by atoms with Gasteiger partial charge in [0.05, 0.1) is 10.6 Å². The molecule has 1 saturated heterocycles. The van der Waals surface area contributed by atoms with Crippen molar-refractivity contribution in [3.63, 3.8) is 0 Å². The fraction of sp³-hybridized carbons (Fsp3) is 0.125. The number of sulfonamides is 1. The molecule has 1 aliphatic heterocycles. The molecular weight excluding hydrogens is 472 g/mol. The first-order valence-corrected chi connectivity index (χ1v) is 12.2. The third-order valence-electron chi connectivity index (χ3n) is 5.59. The number of hydrogen-bond acceptors (Lipinski definition) is 5. The molecule has 0 spiro atoms. The highest BCUT2D eigenvalue weighted by Crippen LogP contribution is 2.26. The standard InChI is InChI=1S/C24H22N4O4S2/c1-14-4-6-19(7-5-14)28-23(30)21(22(29)26-24(28)33)13-17-12-15(2)27(16(17)3)18-8-10-20(11-9-18)34(25,31)32/h4-13H,1-3H3,(H2,25,31,32)(H,26,29,33)/b21-13+. The number of carbonyl (C=O) groups excluding carboxylic acids is 2. The minimum absolute atomic E-state index is 0.0118. The summed E-state index contributed by atoms with van der Waals surface area (Å²) in [5, 5.41) is 7.80.